The van der Waals surface area contributed by atoms with E-state index in [1.54, 1.807) is 6.20 Å². The Kier molecular flexibility index (Phi) is 3.60. The van der Waals surface area contributed by atoms with Gasteiger partial charge < -0.3 is 4.74 Å². The second-order valence-corrected chi connectivity index (χ2v) is 4.39. The Labute approximate surface area is 120 Å². The second kappa shape index (κ2) is 5.71. The summed E-state index contributed by atoms with van der Waals surface area (Å²) in [5.41, 5.74) is 1.68. The third-order valence-electron chi connectivity index (χ3n) is 2.67. The van der Waals surface area contributed by atoms with Crippen molar-refractivity contribution in [1.29, 1.82) is 0 Å². The number of nitrogens with one attached hydrogen (secondary N) is 1. The number of nitrogens with zero attached hydrogens (tertiary/aromatic N) is 3. The Hall–Kier alpha value is -2.40. The summed E-state index contributed by atoms with van der Waals surface area (Å²) >= 11 is 5.82. The smallest absolute Gasteiger partial charge is 0.229 e. The van der Waals surface area contributed by atoms with E-state index in [2.05, 4.69) is 20.2 Å². The molecule has 3 aromatic rings. The first-order valence-electron chi connectivity index (χ1n) is 6.04. The summed E-state index contributed by atoms with van der Waals surface area (Å²) in [5.74, 6) is 0.423. The monoisotopic (exact) mass is 286 g/mol. The maximum absolute atomic E-state index is 5.82. The summed E-state index contributed by atoms with van der Waals surface area (Å²) in [7, 11) is 0. The van der Waals surface area contributed by atoms with Crippen molar-refractivity contribution in [3.63, 3.8) is 0 Å². The average molecular weight is 287 g/mol. The summed E-state index contributed by atoms with van der Waals surface area (Å²) in [6.45, 7) is 0.391. The predicted octanol–water partition coefficient (Wildman–Crippen LogP) is 3.10. The number of ether oxygens (including phenoxy) is 1. The van der Waals surface area contributed by atoms with Crippen molar-refractivity contribution < 1.29 is 4.74 Å². The zero-order valence-corrected chi connectivity index (χ0v) is 11.2. The van der Waals surface area contributed by atoms with Crippen LogP contribution in [0.15, 0.2) is 42.6 Å². The maximum Gasteiger partial charge on any atom is 0.229 e. The van der Waals surface area contributed by atoms with Crippen molar-refractivity contribution in [2.24, 2.45) is 0 Å². The van der Waals surface area contributed by atoms with E-state index in [0.29, 0.717) is 23.5 Å². The minimum absolute atomic E-state index is 0.129. The molecule has 1 N–H and O–H groups in total. The Morgan fingerprint density at radius 3 is 2.90 bits per heavy atom. The molecule has 0 fully saturated rings. The molecule has 0 bridgehead atoms. The van der Waals surface area contributed by atoms with E-state index in [9.17, 15) is 0 Å². The number of fused-ring (bicyclic) bond motifs is 1. The highest BCUT2D eigenvalue weighted by Crippen LogP contribution is 2.21. The highest BCUT2D eigenvalue weighted by Gasteiger charge is 2.08. The van der Waals surface area contributed by atoms with Gasteiger partial charge in [0.2, 0.25) is 11.2 Å². The fourth-order valence-corrected chi connectivity index (χ4v) is 1.93. The number of hydrogen-bond acceptors (Lipinski definition) is 4. The fourth-order valence-electron chi connectivity index (χ4n) is 1.77. The molecule has 0 radical (unpaired) electrons. The lowest BCUT2D eigenvalue weighted by Crippen LogP contribution is -1.97. The largest absolute Gasteiger partial charge is 0.473 e. The Morgan fingerprint density at radius 2 is 2.05 bits per heavy atom. The van der Waals surface area contributed by atoms with Crippen LogP contribution in [0.1, 0.15) is 5.56 Å². The van der Waals surface area contributed by atoms with Gasteiger partial charge in [-0.2, -0.15) is 15.1 Å². The van der Waals surface area contributed by atoms with Crippen molar-refractivity contribution in [2.45, 2.75) is 0 Å². The lowest BCUT2D eigenvalue weighted by molar-refractivity contribution is 0.353. The van der Waals surface area contributed by atoms with E-state index in [4.69, 9.17) is 16.3 Å². The second-order valence-electron chi connectivity index (χ2n) is 4.05. The Balaban J connectivity index is 1.71. The van der Waals surface area contributed by atoms with Gasteiger partial charge in [-0.1, -0.05) is 36.4 Å². The van der Waals surface area contributed by atoms with Gasteiger partial charge in [-0.3, -0.25) is 5.10 Å². The molecular formula is C14H11ClN4O. The van der Waals surface area contributed by atoms with E-state index in [-0.39, 0.29) is 5.28 Å². The number of halogens is 1. The van der Waals surface area contributed by atoms with Gasteiger partial charge in [-0.05, 0) is 23.2 Å². The van der Waals surface area contributed by atoms with Gasteiger partial charge in [0.25, 0.3) is 0 Å². The molecule has 100 valence electrons. The molecule has 2 heterocycles. The van der Waals surface area contributed by atoms with Crippen LogP contribution in [0.5, 0.6) is 5.88 Å². The molecule has 0 aliphatic carbocycles. The number of aromatic amines is 1. The maximum atomic E-state index is 5.82. The number of rotatable bonds is 4. The van der Waals surface area contributed by atoms with Crippen LogP contribution in [-0.4, -0.2) is 26.8 Å². The summed E-state index contributed by atoms with van der Waals surface area (Å²) in [6.07, 6.45) is 5.51. The number of hydrogen-bond donors (Lipinski definition) is 1. The van der Waals surface area contributed by atoms with E-state index >= 15 is 0 Å². The van der Waals surface area contributed by atoms with Gasteiger partial charge in [-0.15, -0.1) is 0 Å². The first-order valence-corrected chi connectivity index (χ1v) is 6.42. The van der Waals surface area contributed by atoms with Gasteiger partial charge in [0.05, 0.1) is 6.20 Å². The van der Waals surface area contributed by atoms with Gasteiger partial charge in [0.1, 0.15) is 12.0 Å². The number of H-pyrrole nitrogens is 1. The third-order valence-corrected chi connectivity index (χ3v) is 2.84. The van der Waals surface area contributed by atoms with E-state index < -0.39 is 0 Å². The van der Waals surface area contributed by atoms with Gasteiger partial charge >= 0.3 is 0 Å². The minimum atomic E-state index is 0.129. The minimum Gasteiger partial charge on any atom is -0.473 e. The van der Waals surface area contributed by atoms with Gasteiger partial charge in [0, 0.05) is 0 Å². The Bertz CT molecular complexity index is 739. The van der Waals surface area contributed by atoms with Crippen molar-refractivity contribution in [3.05, 3.63) is 53.5 Å². The number of benzene rings is 1. The lowest BCUT2D eigenvalue weighted by Gasteiger charge is -2.03. The van der Waals surface area contributed by atoms with Gasteiger partial charge in [0.15, 0.2) is 5.65 Å². The zero-order chi connectivity index (χ0) is 13.8. The molecule has 0 spiro atoms. The highest BCUT2D eigenvalue weighted by molar-refractivity contribution is 6.28. The first-order chi connectivity index (χ1) is 9.83. The molecule has 0 aliphatic rings. The molecule has 0 saturated carbocycles. The van der Waals surface area contributed by atoms with E-state index in [1.807, 2.05) is 42.5 Å². The number of aromatic nitrogens is 4. The molecule has 0 aliphatic heterocycles. The molecule has 0 atom stereocenters. The molecule has 3 rings (SSSR count). The molecular weight excluding hydrogens is 276 g/mol. The van der Waals surface area contributed by atoms with Crippen molar-refractivity contribution >= 4 is 28.7 Å². The van der Waals surface area contributed by atoms with E-state index in [1.165, 1.54) is 0 Å². The first kappa shape index (κ1) is 12.6. The Morgan fingerprint density at radius 1 is 1.20 bits per heavy atom. The van der Waals surface area contributed by atoms with Crippen LogP contribution in [0.2, 0.25) is 5.28 Å². The molecule has 0 amide bonds. The van der Waals surface area contributed by atoms with Crippen LogP contribution in [0.3, 0.4) is 0 Å². The van der Waals surface area contributed by atoms with Crippen molar-refractivity contribution in [2.75, 3.05) is 6.61 Å². The topological polar surface area (TPSA) is 63.7 Å². The van der Waals surface area contributed by atoms with E-state index in [0.717, 1.165) is 5.56 Å². The third kappa shape index (κ3) is 2.78. The van der Waals surface area contributed by atoms with Crippen LogP contribution >= 0.6 is 11.6 Å². The van der Waals surface area contributed by atoms with Crippen LogP contribution in [0.25, 0.3) is 17.1 Å². The summed E-state index contributed by atoms with van der Waals surface area (Å²) in [5, 5.41) is 7.47. The zero-order valence-electron chi connectivity index (χ0n) is 10.5. The molecule has 0 saturated heterocycles. The fraction of sp³-hybridized carbons (Fsp3) is 0.0714. The molecule has 2 aromatic heterocycles. The lowest BCUT2D eigenvalue weighted by atomic mass is 10.2. The summed E-state index contributed by atoms with van der Waals surface area (Å²) in [4.78, 5) is 8.07. The van der Waals surface area contributed by atoms with Gasteiger partial charge in [-0.25, -0.2) is 0 Å². The van der Waals surface area contributed by atoms with Crippen molar-refractivity contribution in [1.82, 2.24) is 20.2 Å². The van der Waals surface area contributed by atoms with Crippen LogP contribution < -0.4 is 4.74 Å². The quantitative estimate of drug-likeness (QED) is 0.749. The normalized spacial score (nSPS) is 11.2. The molecule has 20 heavy (non-hydrogen) atoms. The van der Waals surface area contributed by atoms with Crippen LogP contribution in [0.4, 0.5) is 0 Å². The molecule has 6 heteroatoms. The molecule has 0 unspecified atom stereocenters. The highest BCUT2D eigenvalue weighted by atomic mass is 35.5. The SMILES string of the molecule is Clc1nc(OC/C=C/c2ccccc2)c2cn[nH]c2n1. The average Bonchev–Trinajstić information content (AvgIpc) is 2.92. The van der Waals surface area contributed by atoms with Crippen LogP contribution in [0, 0.1) is 0 Å². The summed E-state index contributed by atoms with van der Waals surface area (Å²) in [6, 6.07) is 9.99. The van der Waals surface area contributed by atoms with Crippen molar-refractivity contribution in [3.8, 4) is 5.88 Å². The molecule has 5 nitrogen and oxygen atoms in total. The summed E-state index contributed by atoms with van der Waals surface area (Å²) < 4.78 is 5.60. The van der Waals surface area contributed by atoms with Crippen LogP contribution in [-0.2, 0) is 0 Å². The molecule has 1 aromatic carbocycles. The standard InChI is InChI=1S/C14H11ClN4O/c15-14-17-12-11(9-16-19-12)13(18-14)20-8-4-7-10-5-2-1-3-6-10/h1-7,9H,8H2,(H,16,17,18,19)/b7-4+. The predicted molar refractivity (Wildman–Crippen MR) is 77.7 cm³/mol.